The van der Waals surface area contributed by atoms with E-state index in [4.69, 9.17) is 0 Å². The average molecular weight is 152 g/mol. The van der Waals surface area contributed by atoms with Crippen molar-refractivity contribution >= 4 is 6.03 Å². The Labute approximate surface area is 65.5 Å². The van der Waals surface area contributed by atoms with Crippen molar-refractivity contribution in [2.45, 2.75) is 31.3 Å². The van der Waals surface area contributed by atoms with Crippen molar-refractivity contribution in [1.29, 1.82) is 0 Å². The van der Waals surface area contributed by atoms with Gasteiger partial charge in [-0.15, -0.1) is 0 Å². The quantitative estimate of drug-likeness (QED) is 0.520. The Balaban J connectivity index is 1.92. The number of carbonyl (C=O) groups is 1. The summed E-state index contributed by atoms with van der Waals surface area (Å²) in [6.45, 7) is 0. The molecule has 1 saturated heterocycles. The van der Waals surface area contributed by atoms with Crippen LogP contribution in [0.4, 0.5) is 4.79 Å². The summed E-state index contributed by atoms with van der Waals surface area (Å²) in [5.41, 5.74) is 0. The van der Waals surface area contributed by atoms with E-state index in [1.807, 2.05) is 0 Å². The van der Waals surface area contributed by atoms with Crippen molar-refractivity contribution in [2.75, 3.05) is 0 Å². The van der Waals surface area contributed by atoms with Gasteiger partial charge in [-0.3, -0.25) is 0 Å². The SMILES string of the molecule is O=C1N[C@@H]2[C@@H]3CC[C@@H](C3)[C@@H]2N1. The number of amides is 2. The average Bonchev–Trinajstić information content (AvgIpc) is 2.53. The second-order valence-corrected chi connectivity index (χ2v) is 4.00. The van der Waals surface area contributed by atoms with Crippen LogP contribution in [-0.2, 0) is 0 Å². The molecule has 0 aromatic heterocycles. The predicted molar refractivity (Wildman–Crippen MR) is 40.1 cm³/mol. The van der Waals surface area contributed by atoms with Gasteiger partial charge in [0.25, 0.3) is 0 Å². The maximum Gasteiger partial charge on any atom is 0.315 e. The van der Waals surface area contributed by atoms with Gasteiger partial charge < -0.3 is 10.6 Å². The van der Waals surface area contributed by atoms with E-state index in [0.717, 1.165) is 11.8 Å². The first-order valence-electron chi connectivity index (χ1n) is 4.41. The number of hydrogen-bond acceptors (Lipinski definition) is 1. The van der Waals surface area contributed by atoms with E-state index >= 15 is 0 Å². The second-order valence-electron chi connectivity index (χ2n) is 4.00. The third-order valence-electron chi connectivity index (χ3n) is 3.51. The van der Waals surface area contributed by atoms with Crippen molar-refractivity contribution in [3.8, 4) is 0 Å². The second kappa shape index (κ2) is 1.71. The Bertz CT molecular complexity index is 196. The monoisotopic (exact) mass is 152 g/mol. The summed E-state index contributed by atoms with van der Waals surface area (Å²) >= 11 is 0. The fraction of sp³-hybridized carbons (Fsp3) is 0.875. The summed E-state index contributed by atoms with van der Waals surface area (Å²) in [4.78, 5) is 11.0. The van der Waals surface area contributed by atoms with E-state index in [-0.39, 0.29) is 6.03 Å². The molecular formula is C8H12N2O. The Kier molecular flexibility index (Phi) is 0.910. The van der Waals surface area contributed by atoms with Gasteiger partial charge in [-0.25, -0.2) is 4.79 Å². The predicted octanol–water partition coefficient (Wildman–Crippen LogP) is 0.466. The van der Waals surface area contributed by atoms with Crippen LogP contribution >= 0.6 is 0 Å². The zero-order chi connectivity index (χ0) is 7.42. The highest BCUT2D eigenvalue weighted by Gasteiger charge is 2.51. The number of fused-ring (bicyclic) bond motifs is 5. The Morgan fingerprint density at radius 2 is 1.64 bits per heavy atom. The molecule has 0 aromatic carbocycles. The molecule has 4 atom stereocenters. The molecule has 0 spiro atoms. The first-order chi connectivity index (χ1) is 5.34. The molecule has 0 unspecified atom stereocenters. The lowest BCUT2D eigenvalue weighted by molar-refractivity contribution is 0.245. The van der Waals surface area contributed by atoms with Crippen LogP contribution in [0.25, 0.3) is 0 Å². The number of carbonyl (C=O) groups excluding carboxylic acids is 1. The highest BCUT2D eigenvalue weighted by Crippen LogP contribution is 2.45. The first kappa shape index (κ1) is 5.86. The number of hydrogen-bond donors (Lipinski definition) is 2. The molecule has 60 valence electrons. The lowest BCUT2D eigenvalue weighted by atomic mass is 9.92. The smallest absolute Gasteiger partial charge is 0.315 e. The molecule has 2 saturated carbocycles. The minimum atomic E-state index is 0.0524. The summed E-state index contributed by atoms with van der Waals surface area (Å²) in [6.07, 6.45) is 3.99. The normalized spacial score (nSPS) is 52.2. The topological polar surface area (TPSA) is 41.1 Å². The fourth-order valence-electron chi connectivity index (χ4n) is 3.05. The van der Waals surface area contributed by atoms with E-state index in [2.05, 4.69) is 10.6 Å². The maximum atomic E-state index is 11.0. The fourth-order valence-corrected chi connectivity index (χ4v) is 3.05. The van der Waals surface area contributed by atoms with Gasteiger partial charge in [0.15, 0.2) is 0 Å². The first-order valence-corrected chi connectivity index (χ1v) is 4.41. The highest BCUT2D eigenvalue weighted by molar-refractivity contribution is 5.77. The molecule has 3 aliphatic rings. The molecule has 3 nitrogen and oxygen atoms in total. The van der Waals surface area contributed by atoms with Gasteiger partial charge in [-0.05, 0) is 31.1 Å². The summed E-state index contributed by atoms with van der Waals surface area (Å²) in [5.74, 6) is 1.56. The molecular weight excluding hydrogens is 140 g/mol. The lowest BCUT2D eigenvalue weighted by Gasteiger charge is -2.22. The highest BCUT2D eigenvalue weighted by atomic mass is 16.2. The number of rotatable bonds is 0. The molecule has 2 N–H and O–H groups in total. The molecule has 3 heteroatoms. The third-order valence-corrected chi connectivity index (χ3v) is 3.51. The van der Waals surface area contributed by atoms with Gasteiger partial charge in [-0.1, -0.05) is 0 Å². The van der Waals surface area contributed by atoms with Crippen LogP contribution in [0.15, 0.2) is 0 Å². The zero-order valence-corrected chi connectivity index (χ0v) is 6.34. The number of urea groups is 1. The summed E-state index contributed by atoms with van der Waals surface area (Å²) in [7, 11) is 0. The van der Waals surface area contributed by atoms with E-state index < -0.39 is 0 Å². The molecule has 3 fully saturated rings. The molecule has 2 amide bonds. The van der Waals surface area contributed by atoms with E-state index in [1.54, 1.807) is 0 Å². The molecule has 1 heterocycles. The van der Waals surface area contributed by atoms with Crippen LogP contribution < -0.4 is 10.6 Å². The van der Waals surface area contributed by atoms with Crippen LogP contribution in [0.3, 0.4) is 0 Å². The molecule has 0 radical (unpaired) electrons. The molecule has 2 bridgehead atoms. The van der Waals surface area contributed by atoms with Gasteiger partial charge >= 0.3 is 6.03 Å². The molecule has 11 heavy (non-hydrogen) atoms. The van der Waals surface area contributed by atoms with Crippen molar-refractivity contribution < 1.29 is 4.79 Å². The Morgan fingerprint density at radius 1 is 1.09 bits per heavy atom. The molecule has 0 aromatic rings. The van der Waals surface area contributed by atoms with Gasteiger partial charge in [0, 0.05) is 0 Å². The zero-order valence-electron chi connectivity index (χ0n) is 6.34. The van der Waals surface area contributed by atoms with Crippen LogP contribution in [-0.4, -0.2) is 18.1 Å². The van der Waals surface area contributed by atoms with Gasteiger partial charge in [0.05, 0.1) is 12.1 Å². The lowest BCUT2D eigenvalue weighted by Crippen LogP contribution is -2.38. The Morgan fingerprint density at radius 3 is 2.18 bits per heavy atom. The molecule has 2 aliphatic carbocycles. The minimum absolute atomic E-state index is 0.0524. The van der Waals surface area contributed by atoms with E-state index in [9.17, 15) is 4.79 Å². The van der Waals surface area contributed by atoms with E-state index in [0.29, 0.717) is 12.1 Å². The largest absolute Gasteiger partial charge is 0.333 e. The van der Waals surface area contributed by atoms with E-state index in [1.165, 1.54) is 19.3 Å². The van der Waals surface area contributed by atoms with Crippen molar-refractivity contribution in [3.05, 3.63) is 0 Å². The standard InChI is InChI=1S/C8H12N2O/c11-8-9-6-4-1-2-5(3-4)7(6)10-8/h4-7H,1-3H2,(H2,9,10,11)/t4-,5+,6-,7+. The van der Waals surface area contributed by atoms with Crippen molar-refractivity contribution in [3.63, 3.8) is 0 Å². The summed E-state index contributed by atoms with van der Waals surface area (Å²) in [5, 5.41) is 5.99. The molecule has 3 rings (SSSR count). The van der Waals surface area contributed by atoms with Crippen LogP contribution in [0.5, 0.6) is 0 Å². The third kappa shape index (κ3) is 0.613. The summed E-state index contributed by atoms with van der Waals surface area (Å²) in [6, 6.07) is 0.999. The summed E-state index contributed by atoms with van der Waals surface area (Å²) < 4.78 is 0. The van der Waals surface area contributed by atoms with Crippen molar-refractivity contribution in [2.24, 2.45) is 11.8 Å². The van der Waals surface area contributed by atoms with Crippen LogP contribution in [0, 0.1) is 11.8 Å². The van der Waals surface area contributed by atoms with Crippen LogP contribution in [0.1, 0.15) is 19.3 Å². The van der Waals surface area contributed by atoms with Crippen LogP contribution in [0.2, 0.25) is 0 Å². The maximum absolute atomic E-state index is 11.0. The van der Waals surface area contributed by atoms with Gasteiger partial charge in [0.1, 0.15) is 0 Å². The Hall–Kier alpha value is -0.730. The van der Waals surface area contributed by atoms with Crippen molar-refractivity contribution in [1.82, 2.24) is 10.6 Å². The number of nitrogens with one attached hydrogen (secondary N) is 2. The molecule has 1 aliphatic heterocycles. The van der Waals surface area contributed by atoms with Gasteiger partial charge in [-0.2, -0.15) is 0 Å². The van der Waals surface area contributed by atoms with Gasteiger partial charge in [0.2, 0.25) is 0 Å². The minimum Gasteiger partial charge on any atom is -0.333 e.